The van der Waals surface area contributed by atoms with Crippen molar-refractivity contribution in [1.82, 2.24) is 15.6 Å². The van der Waals surface area contributed by atoms with Crippen LogP contribution in [0.25, 0.3) is 6.08 Å². The van der Waals surface area contributed by atoms with Gasteiger partial charge in [-0.05, 0) is 37.6 Å². The number of hydrazone groups is 1. The van der Waals surface area contributed by atoms with E-state index >= 15 is 0 Å². The molecule has 0 fully saturated rings. The number of furan rings is 1. The first kappa shape index (κ1) is 14.6. The molecule has 0 unspecified atom stereocenters. The maximum atomic E-state index is 11.6. The highest BCUT2D eigenvalue weighted by Gasteiger charge is 2.08. The third-order valence-electron chi connectivity index (χ3n) is 2.85. The largest absolute Gasteiger partial charge is 0.465 e. The van der Waals surface area contributed by atoms with Gasteiger partial charge in [-0.15, -0.1) is 0 Å². The SMILES string of the molecule is Cc1[nH][nH]c(=O)c1CCC(=O)N/N=C/C=C/c1ccco1. The van der Waals surface area contributed by atoms with Gasteiger partial charge in [-0.1, -0.05) is 0 Å². The maximum Gasteiger partial charge on any atom is 0.267 e. The van der Waals surface area contributed by atoms with E-state index in [0.717, 1.165) is 5.69 Å². The van der Waals surface area contributed by atoms with Crippen LogP contribution >= 0.6 is 0 Å². The van der Waals surface area contributed by atoms with Crippen molar-refractivity contribution in [2.24, 2.45) is 5.10 Å². The summed E-state index contributed by atoms with van der Waals surface area (Å²) in [5.41, 5.74) is 3.54. The second kappa shape index (κ2) is 7.09. The van der Waals surface area contributed by atoms with E-state index in [2.05, 4.69) is 20.7 Å². The van der Waals surface area contributed by atoms with Gasteiger partial charge in [0, 0.05) is 23.9 Å². The van der Waals surface area contributed by atoms with Crippen molar-refractivity contribution in [3.05, 3.63) is 51.8 Å². The Kier molecular flexibility index (Phi) is 4.92. The van der Waals surface area contributed by atoms with Crippen molar-refractivity contribution in [3.63, 3.8) is 0 Å². The van der Waals surface area contributed by atoms with Gasteiger partial charge in [-0.25, -0.2) is 5.43 Å². The number of amides is 1. The van der Waals surface area contributed by atoms with Crippen LogP contribution in [0.2, 0.25) is 0 Å². The van der Waals surface area contributed by atoms with E-state index in [-0.39, 0.29) is 17.9 Å². The third kappa shape index (κ3) is 4.34. The van der Waals surface area contributed by atoms with Gasteiger partial charge in [0.15, 0.2) is 0 Å². The highest BCUT2D eigenvalue weighted by Crippen LogP contribution is 2.01. The Labute approximate surface area is 120 Å². The number of allylic oxidation sites excluding steroid dienone is 1. The summed E-state index contributed by atoms with van der Waals surface area (Å²) in [4.78, 5) is 23.0. The lowest BCUT2D eigenvalue weighted by atomic mass is 10.1. The minimum atomic E-state index is -0.252. The van der Waals surface area contributed by atoms with E-state index in [9.17, 15) is 9.59 Å². The van der Waals surface area contributed by atoms with E-state index in [1.165, 1.54) is 6.21 Å². The number of aryl methyl sites for hydroxylation is 1. The molecule has 0 atom stereocenters. The van der Waals surface area contributed by atoms with Gasteiger partial charge in [0.2, 0.25) is 5.91 Å². The average molecular weight is 288 g/mol. The number of rotatable bonds is 6. The van der Waals surface area contributed by atoms with Crippen LogP contribution in [0.1, 0.15) is 23.4 Å². The number of hydrogen-bond donors (Lipinski definition) is 3. The number of carbonyl (C=O) groups is 1. The summed E-state index contributed by atoms with van der Waals surface area (Å²) in [6, 6.07) is 3.59. The predicted octanol–water partition coefficient (Wildman–Crippen LogP) is 1.35. The van der Waals surface area contributed by atoms with Crippen LogP contribution < -0.4 is 11.0 Å². The summed E-state index contributed by atoms with van der Waals surface area (Å²) in [5, 5.41) is 8.96. The molecule has 7 nitrogen and oxygen atoms in total. The Morgan fingerprint density at radius 3 is 3.00 bits per heavy atom. The molecule has 21 heavy (non-hydrogen) atoms. The molecule has 2 aromatic rings. The van der Waals surface area contributed by atoms with Crippen LogP contribution in [0, 0.1) is 6.92 Å². The first-order chi connectivity index (χ1) is 10.2. The maximum absolute atomic E-state index is 11.6. The fourth-order valence-electron chi connectivity index (χ4n) is 1.74. The molecular weight excluding hydrogens is 272 g/mol. The number of nitrogens with zero attached hydrogens (tertiary/aromatic N) is 1. The molecule has 0 bridgehead atoms. The highest BCUT2D eigenvalue weighted by atomic mass is 16.3. The molecule has 2 heterocycles. The second-order valence-electron chi connectivity index (χ2n) is 4.37. The molecule has 3 N–H and O–H groups in total. The number of aromatic nitrogens is 2. The van der Waals surface area contributed by atoms with Gasteiger partial charge in [-0.2, -0.15) is 5.10 Å². The number of aromatic amines is 2. The number of nitrogens with one attached hydrogen (secondary N) is 3. The van der Waals surface area contributed by atoms with Gasteiger partial charge in [-0.3, -0.25) is 14.7 Å². The normalized spacial score (nSPS) is 11.5. The molecule has 0 aliphatic carbocycles. The monoisotopic (exact) mass is 288 g/mol. The van der Waals surface area contributed by atoms with Crippen molar-refractivity contribution in [2.45, 2.75) is 19.8 Å². The molecule has 0 aromatic carbocycles. The number of hydrogen-bond acceptors (Lipinski definition) is 4. The van der Waals surface area contributed by atoms with Gasteiger partial charge in [0.05, 0.1) is 6.26 Å². The molecule has 0 radical (unpaired) electrons. The Morgan fingerprint density at radius 1 is 1.48 bits per heavy atom. The summed E-state index contributed by atoms with van der Waals surface area (Å²) in [6.45, 7) is 1.78. The quantitative estimate of drug-likeness (QED) is 0.552. The minimum Gasteiger partial charge on any atom is -0.465 e. The van der Waals surface area contributed by atoms with Crippen LogP contribution in [0.5, 0.6) is 0 Å². The fraction of sp³-hybridized carbons (Fsp3) is 0.214. The molecule has 2 rings (SSSR count). The van der Waals surface area contributed by atoms with E-state index in [4.69, 9.17) is 4.42 Å². The van der Waals surface area contributed by atoms with E-state index in [1.807, 2.05) is 0 Å². The van der Waals surface area contributed by atoms with Crippen molar-refractivity contribution >= 4 is 18.2 Å². The van der Waals surface area contributed by atoms with Gasteiger partial charge in [0.1, 0.15) is 5.76 Å². The third-order valence-corrected chi connectivity index (χ3v) is 2.85. The van der Waals surface area contributed by atoms with E-state index < -0.39 is 0 Å². The topological polar surface area (TPSA) is 103 Å². The molecule has 0 saturated carbocycles. The van der Waals surface area contributed by atoms with E-state index in [0.29, 0.717) is 17.7 Å². The molecule has 0 aliphatic heterocycles. The summed E-state index contributed by atoms with van der Waals surface area (Å²) in [5.74, 6) is 0.451. The van der Waals surface area contributed by atoms with Crippen molar-refractivity contribution < 1.29 is 9.21 Å². The van der Waals surface area contributed by atoms with Crippen molar-refractivity contribution in [2.75, 3.05) is 0 Å². The lowest BCUT2D eigenvalue weighted by Gasteiger charge is -1.98. The zero-order valence-electron chi connectivity index (χ0n) is 11.6. The zero-order chi connectivity index (χ0) is 15.1. The minimum absolute atomic E-state index is 0.190. The Balaban J connectivity index is 1.74. The second-order valence-corrected chi connectivity index (χ2v) is 4.37. The lowest BCUT2D eigenvalue weighted by molar-refractivity contribution is -0.121. The Hall–Kier alpha value is -2.83. The molecule has 110 valence electrons. The first-order valence-corrected chi connectivity index (χ1v) is 6.45. The molecule has 7 heteroatoms. The molecule has 0 spiro atoms. The molecular formula is C14H16N4O3. The summed E-state index contributed by atoms with van der Waals surface area (Å²) >= 11 is 0. The standard InChI is InChI=1S/C14H16N4O3/c1-10-12(14(20)18-16-10)6-7-13(19)17-15-8-2-4-11-5-3-9-21-11/h2-5,8-9H,6-7H2,1H3,(H,17,19)(H2,16,18,20)/b4-2+,15-8+. The summed E-state index contributed by atoms with van der Waals surface area (Å²) in [6.07, 6.45) is 6.96. The lowest BCUT2D eigenvalue weighted by Crippen LogP contribution is -2.19. The molecule has 1 amide bonds. The molecule has 2 aromatic heterocycles. The molecule has 0 saturated heterocycles. The van der Waals surface area contributed by atoms with Crippen molar-refractivity contribution in [1.29, 1.82) is 0 Å². The zero-order valence-corrected chi connectivity index (χ0v) is 11.6. The predicted molar refractivity (Wildman–Crippen MR) is 78.8 cm³/mol. The van der Waals surface area contributed by atoms with Crippen LogP contribution in [0.15, 0.2) is 38.8 Å². The van der Waals surface area contributed by atoms with Crippen LogP contribution in [-0.2, 0) is 11.2 Å². The number of carbonyl (C=O) groups excluding carboxylic acids is 1. The first-order valence-electron chi connectivity index (χ1n) is 6.45. The van der Waals surface area contributed by atoms with E-state index in [1.54, 1.807) is 37.5 Å². The van der Waals surface area contributed by atoms with Crippen molar-refractivity contribution in [3.8, 4) is 0 Å². The summed E-state index contributed by atoms with van der Waals surface area (Å²) in [7, 11) is 0. The summed E-state index contributed by atoms with van der Waals surface area (Å²) < 4.78 is 5.09. The fourth-order valence-corrected chi connectivity index (χ4v) is 1.74. The van der Waals surface area contributed by atoms with Crippen LogP contribution in [0.4, 0.5) is 0 Å². The highest BCUT2D eigenvalue weighted by molar-refractivity contribution is 5.81. The van der Waals surface area contributed by atoms with Crippen LogP contribution in [-0.4, -0.2) is 22.3 Å². The Morgan fingerprint density at radius 2 is 2.33 bits per heavy atom. The van der Waals surface area contributed by atoms with Gasteiger partial charge < -0.3 is 9.52 Å². The van der Waals surface area contributed by atoms with Crippen LogP contribution in [0.3, 0.4) is 0 Å². The number of H-pyrrole nitrogens is 2. The molecule has 0 aliphatic rings. The smallest absolute Gasteiger partial charge is 0.267 e. The average Bonchev–Trinajstić information content (AvgIpc) is 3.08. The Bertz CT molecular complexity index is 692. The van der Waals surface area contributed by atoms with Gasteiger partial charge >= 0.3 is 0 Å². The van der Waals surface area contributed by atoms with Gasteiger partial charge in [0.25, 0.3) is 5.56 Å².